The summed E-state index contributed by atoms with van der Waals surface area (Å²) in [7, 11) is 0. The first-order chi connectivity index (χ1) is 24.7. The summed E-state index contributed by atoms with van der Waals surface area (Å²) in [5, 5.41) is 0. The Kier molecular flexibility index (Phi) is 37.0. The Balaban J connectivity index is 4.12. The normalized spacial score (nSPS) is 12.1. The van der Waals surface area contributed by atoms with E-state index in [1.54, 1.807) is 0 Å². The number of rotatable bonds is 39. The van der Waals surface area contributed by atoms with Crippen molar-refractivity contribution in [2.24, 2.45) is 11.8 Å². The summed E-state index contributed by atoms with van der Waals surface area (Å²) in [5.74, 6) is 0.752. The van der Waals surface area contributed by atoms with E-state index in [2.05, 4.69) is 34.6 Å². The lowest BCUT2D eigenvalue weighted by molar-refractivity contribution is -0.167. The Morgan fingerprint density at radius 2 is 0.647 bits per heavy atom. The molecular formula is C45H86O6. The van der Waals surface area contributed by atoms with Crippen molar-refractivity contribution in [3.05, 3.63) is 0 Å². The quantitative estimate of drug-likeness (QED) is 0.0357. The Labute approximate surface area is 317 Å². The highest BCUT2D eigenvalue weighted by atomic mass is 16.6. The van der Waals surface area contributed by atoms with E-state index in [4.69, 9.17) is 14.2 Å². The number of carbonyl (C=O) groups is 3. The molecule has 0 saturated heterocycles. The minimum absolute atomic E-state index is 0.0664. The van der Waals surface area contributed by atoms with Crippen molar-refractivity contribution in [2.75, 3.05) is 13.2 Å². The zero-order chi connectivity index (χ0) is 37.6. The minimum Gasteiger partial charge on any atom is -0.462 e. The highest BCUT2D eigenvalue weighted by molar-refractivity contribution is 5.71. The molecule has 0 aliphatic heterocycles. The average molecular weight is 723 g/mol. The predicted molar refractivity (Wildman–Crippen MR) is 215 cm³/mol. The Hall–Kier alpha value is -1.59. The summed E-state index contributed by atoms with van der Waals surface area (Å²) >= 11 is 0. The summed E-state index contributed by atoms with van der Waals surface area (Å²) in [6.45, 7) is 11.2. The maximum atomic E-state index is 12.6. The summed E-state index contributed by atoms with van der Waals surface area (Å²) in [6, 6.07) is 0. The van der Waals surface area contributed by atoms with Gasteiger partial charge in [-0.2, -0.15) is 0 Å². The van der Waals surface area contributed by atoms with Crippen molar-refractivity contribution in [1.29, 1.82) is 0 Å². The van der Waals surface area contributed by atoms with Crippen LogP contribution in [0, 0.1) is 11.8 Å². The van der Waals surface area contributed by atoms with Gasteiger partial charge in [0, 0.05) is 19.3 Å². The van der Waals surface area contributed by atoms with Crippen LogP contribution in [-0.2, 0) is 28.6 Å². The number of ether oxygens (including phenoxy) is 3. The maximum Gasteiger partial charge on any atom is 0.306 e. The maximum absolute atomic E-state index is 12.6. The Morgan fingerprint density at radius 3 is 0.961 bits per heavy atom. The molecule has 6 nitrogen and oxygen atoms in total. The summed E-state index contributed by atoms with van der Waals surface area (Å²) in [5.41, 5.74) is 0. The molecule has 0 unspecified atom stereocenters. The van der Waals surface area contributed by atoms with Crippen molar-refractivity contribution in [3.8, 4) is 0 Å². The lowest BCUT2D eigenvalue weighted by atomic mass is 10.0. The van der Waals surface area contributed by atoms with E-state index in [0.717, 1.165) is 76.0 Å². The zero-order valence-electron chi connectivity index (χ0n) is 34.7. The van der Waals surface area contributed by atoms with Gasteiger partial charge in [-0.25, -0.2) is 0 Å². The molecule has 0 fully saturated rings. The van der Waals surface area contributed by atoms with Gasteiger partial charge >= 0.3 is 17.9 Å². The van der Waals surface area contributed by atoms with Gasteiger partial charge in [-0.3, -0.25) is 14.4 Å². The average Bonchev–Trinajstić information content (AvgIpc) is 3.09. The van der Waals surface area contributed by atoms with Crippen molar-refractivity contribution in [2.45, 2.75) is 246 Å². The molecule has 302 valence electrons. The molecule has 6 heteroatoms. The van der Waals surface area contributed by atoms with Crippen LogP contribution in [0.4, 0.5) is 0 Å². The van der Waals surface area contributed by atoms with E-state index in [9.17, 15) is 14.4 Å². The van der Waals surface area contributed by atoms with Crippen LogP contribution in [-0.4, -0.2) is 37.2 Å². The fourth-order valence-electron chi connectivity index (χ4n) is 6.58. The van der Waals surface area contributed by atoms with Crippen molar-refractivity contribution >= 4 is 17.9 Å². The number of carbonyl (C=O) groups excluding carboxylic acids is 3. The fraction of sp³-hybridized carbons (Fsp3) is 0.933. The highest BCUT2D eigenvalue weighted by Crippen LogP contribution is 2.16. The summed E-state index contributed by atoms with van der Waals surface area (Å²) in [4.78, 5) is 37.4. The van der Waals surface area contributed by atoms with Crippen LogP contribution in [0.5, 0.6) is 0 Å². The van der Waals surface area contributed by atoms with Crippen molar-refractivity contribution in [3.63, 3.8) is 0 Å². The third-order valence-corrected chi connectivity index (χ3v) is 9.97. The fourth-order valence-corrected chi connectivity index (χ4v) is 6.58. The third kappa shape index (κ3) is 39.5. The van der Waals surface area contributed by atoms with Gasteiger partial charge in [-0.05, 0) is 31.1 Å². The largest absolute Gasteiger partial charge is 0.462 e. The summed E-state index contributed by atoms with van der Waals surface area (Å²) < 4.78 is 16.6. The molecule has 1 atom stereocenters. The van der Waals surface area contributed by atoms with E-state index in [1.165, 1.54) is 122 Å². The molecule has 0 aliphatic carbocycles. The predicted octanol–water partition coefficient (Wildman–Crippen LogP) is 13.8. The van der Waals surface area contributed by atoms with Gasteiger partial charge in [0.25, 0.3) is 0 Å². The molecule has 0 bridgehead atoms. The van der Waals surface area contributed by atoms with Crippen LogP contribution in [0.3, 0.4) is 0 Å². The minimum atomic E-state index is -0.758. The van der Waals surface area contributed by atoms with Crippen molar-refractivity contribution in [1.82, 2.24) is 0 Å². The molecule has 0 amide bonds. The molecule has 0 rings (SSSR count). The number of esters is 3. The molecule has 0 spiro atoms. The molecule has 0 radical (unpaired) electrons. The standard InChI is InChI=1S/C45H86O6/c1-6-7-8-23-30-35-43(46)49-38-42(51-45(48)37-32-27-22-18-20-25-29-34-41(4)5)39-50-44(47)36-31-26-21-17-15-13-11-9-10-12-14-16-19-24-28-33-40(2)3/h40-42H,6-39H2,1-5H3/t42-/m1/s1. The topological polar surface area (TPSA) is 78.9 Å². The SMILES string of the molecule is CCCCCCCC(=O)OC[C@H](COC(=O)CCCCCCCCCCCCCCCCCC(C)C)OC(=O)CCCCCCCCCC(C)C. The van der Waals surface area contributed by atoms with E-state index in [0.29, 0.717) is 19.3 Å². The number of unbranched alkanes of at least 4 members (excludes halogenated alkanes) is 24. The number of hydrogen-bond acceptors (Lipinski definition) is 6. The van der Waals surface area contributed by atoms with Gasteiger partial charge in [-0.15, -0.1) is 0 Å². The van der Waals surface area contributed by atoms with Crippen LogP contribution in [0.1, 0.15) is 240 Å². The molecule has 0 aromatic rings. The lowest BCUT2D eigenvalue weighted by Gasteiger charge is -2.18. The van der Waals surface area contributed by atoms with E-state index < -0.39 is 6.10 Å². The van der Waals surface area contributed by atoms with Gasteiger partial charge in [-0.1, -0.05) is 202 Å². The van der Waals surface area contributed by atoms with Crippen LogP contribution in [0.25, 0.3) is 0 Å². The van der Waals surface area contributed by atoms with Gasteiger partial charge in [0.15, 0.2) is 6.10 Å². The van der Waals surface area contributed by atoms with Crippen LogP contribution in [0.2, 0.25) is 0 Å². The van der Waals surface area contributed by atoms with Crippen LogP contribution in [0.15, 0.2) is 0 Å². The van der Waals surface area contributed by atoms with Gasteiger partial charge < -0.3 is 14.2 Å². The molecule has 0 heterocycles. The zero-order valence-corrected chi connectivity index (χ0v) is 34.7. The molecule has 0 aromatic heterocycles. The third-order valence-electron chi connectivity index (χ3n) is 9.97. The smallest absolute Gasteiger partial charge is 0.306 e. The second-order valence-corrected chi connectivity index (χ2v) is 16.3. The monoisotopic (exact) mass is 723 g/mol. The van der Waals surface area contributed by atoms with Gasteiger partial charge in [0.05, 0.1) is 0 Å². The van der Waals surface area contributed by atoms with E-state index in [-0.39, 0.29) is 31.1 Å². The molecular weight excluding hydrogens is 636 g/mol. The van der Waals surface area contributed by atoms with E-state index in [1.807, 2.05) is 0 Å². The van der Waals surface area contributed by atoms with Crippen LogP contribution >= 0.6 is 0 Å². The molecule has 0 aliphatic rings. The Morgan fingerprint density at radius 1 is 0.373 bits per heavy atom. The first-order valence-electron chi connectivity index (χ1n) is 22.2. The van der Waals surface area contributed by atoms with Gasteiger partial charge in [0.2, 0.25) is 0 Å². The summed E-state index contributed by atoms with van der Waals surface area (Å²) in [6.07, 6.45) is 35.6. The molecule has 0 N–H and O–H groups in total. The van der Waals surface area contributed by atoms with E-state index >= 15 is 0 Å². The highest BCUT2D eigenvalue weighted by Gasteiger charge is 2.19. The van der Waals surface area contributed by atoms with Crippen LogP contribution < -0.4 is 0 Å². The molecule has 0 aromatic carbocycles. The second kappa shape index (κ2) is 38.1. The molecule has 51 heavy (non-hydrogen) atoms. The number of hydrogen-bond donors (Lipinski definition) is 0. The first kappa shape index (κ1) is 49.4. The lowest BCUT2D eigenvalue weighted by Crippen LogP contribution is -2.30. The second-order valence-electron chi connectivity index (χ2n) is 16.3. The molecule has 0 saturated carbocycles. The Bertz CT molecular complexity index is 779. The van der Waals surface area contributed by atoms with Gasteiger partial charge in [0.1, 0.15) is 13.2 Å². The first-order valence-corrected chi connectivity index (χ1v) is 22.2. The van der Waals surface area contributed by atoms with Crippen molar-refractivity contribution < 1.29 is 28.6 Å².